The number of carbonyl (C=O) groups excluding carboxylic acids is 1. The zero-order valence-corrected chi connectivity index (χ0v) is 9.36. The highest BCUT2D eigenvalue weighted by molar-refractivity contribution is 8.13. The van der Waals surface area contributed by atoms with E-state index < -0.39 is 0 Å². The maximum Gasteiger partial charge on any atom is 0.190 e. The fourth-order valence-electron chi connectivity index (χ4n) is 1.32. The molecule has 0 spiro atoms. The van der Waals surface area contributed by atoms with Gasteiger partial charge in [-0.1, -0.05) is 37.4 Å². The molecular formula is C12H14OS. The van der Waals surface area contributed by atoms with Gasteiger partial charge in [-0.05, 0) is 29.7 Å². The molecule has 1 aromatic rings. The Hall–Kier alpha value is -1.02. The van der Waals surface area contributed by atoms with Gasteiger partial charge in [0.05, 0.1) is 0 Å². The maximum atomic E-state index is 10.9. The molecule has 0 aliphatic rings. The average molecular weight is 206 g/mol. The molecule has 0 heterocycles. The van der Waals surface area contributed by atoms with Crippen LogP contribution in [0.5, 0.6) is 0 Å². The fourth-order valence-corrected chi connectivity index (χ4v) is 1.99. The Balaban J connectivity index is 3.01. The van der Waals surface area contributed by atoms with E-state index in [1.165, 1.54) is 17.3 Å². The summed E-state index contributed by atoms with van der Waals surface area (Å²) < 4.78 is 0. The molecule has 0 saturated heterocycles. The van der Waals surface area contributed by atoms with Crippen molar-refractivity contribution in [3.05, 3.63) is 35.9 Å². The molecular weight excluding hydrogens is 192 g/mol. The van der Waals surface area contributed by atoms with Crippen molar-refractivity contribution >= 4 is 23.0 Å². The summed E-state index contributed by atoms with van der Waals surface area (Å²) in [5.74, 6) is 0. The van der Waals surface area contributed by atoms with Gasteiger partial charge in [0, 0.05) is 11.8 Å². The van der Waals surface area contributed by atoms with Gasteiger partial charge < -0.3 is 0 Å². The summed E-state index contributed by atoms with van der Waals surface area (Å²) in [6.45, 7) is 7.44. The lowest BCUT2D eigenvalue weighted by molar-refractivity contribution is -0.109. The Morgan fingerprint density at radius 1 is 1.57 bits per heavy atom. The summed E-state index contributed by atoms with van der Waals surface area (Å²) in [6.07, 6.45) is 2.81. The quantitative estimate of drug-likeness (QED) is 0.704. The van der Waals surface area contributed by atoms with Crippen LogP contribution in [-0.4, -0.2) is 5.12 Å². The van der Waals surface area contributed by atoms with Crippen LogP contribution < -0.4 is 0 Å². The lowest BCUT2D eigenvalue weighted by atomic mass is 10.1. The fraction of sp³-hybridized carbons (Fsp3) is 0.250. The summed E-state index contributed by atoms with van der Waals surface area (Å²) in [4.78, 5) is 11.9. The minimum atomic E-state index is 0.124. The standard InChI is InChI=1S/C12H14OS/c1-4-10-6-7-12(14-9(3)13)8-11(10)5-2/h4,6-8H,1,5H2,2-3H3. The summed E-state index contributed by atoms with van der Waals surface area (Å²) >= 11 is 1.27. The number of hydrogen-bond acceptors (Lipinski definition) is 2. The number of thioether (sulfide) groups is 1. The summed E-state index contributed by atoms with van der Waals surface area (Å²) in [7, 11) is 0. The highest BCUT2D eigenvalue weighted by Gasteiger charge is 2.02. The third-order valence-electron chi connectivity index (χ3n) is 1.98. The van der Waals surface area contributed by atoms with Crippen molar-refractivity contribution in [1.82, 2.24) is 0 Å². The highest BCUT2D eigenvalue weighted by Crippen LogP contribution is 2.23. The van der Waals surface area contributed by atoms with Gasteiger partial charge in [-0.25, -0.2) is 0 Å². The number of aryl methyl sites for hydroxylation is 1. The Labute approximate surface area is 89.2 Å². The van der Waals surface area contributed by atoms with Crippen LogP contribution in [0, 0.1) is 0 Å². The highest BCUT2D eigenvalue weighted by atomic mass is 32.2. The van der Waals surface area contributed by atoms with Gasteiger partial charge in [0.25, 0.3) is 0 Å². The molecule has 1 rings (SSSR count). The molecule has 0 unspecified atom stereocenters. The van der Waals surface area contributed by atoms with E-state index in [1.807, 2.05) is 18.2 Å². The molecule has 0 aromatic heterocycles. The third-order valence-corrected chi connectivity index (χ3v) is 2.75. The topological polar surface area (TPSA) is 17.1 Å². The Bertz CT molecular complexity index is 355. The smallest absolute Gasteiger partial charge is 0.190 e. The number of rotatable bonds is 3. The summed E-state index contributed by atoms with van der Waals surface area (Å²) in [5.41, 5.74) is 2.40. The van der Waals surface area contributed by atoms with Crippen LogP contribution in [0.25, 0.3) is 6.08 Å². The predicted molar refractivity (Wildman–Crippen MR) is 62.4 cm³/mol. The van der Waals surface area contributed by atoms with Crippen LogP contribution in [0.1, 0.15) is 25.0 Å². The minimum Gasteiger partial charge on any atom is -0.287 e. The molecule has 2 heteroatoms. The van der Waals surface area contributed by atoms with Crippen LogP contribution in [0.3, 0.4) is 0 Å². The molecule has 0 aliphatic carbocycles. The van der Waals surface area contributed by atoms with Crippen molar-refractivity contribution in [2.45, 2.75) is 25.2 Å². The Morgan fingerprint density at radius 3 is 2.79 bits per heavy atom. The maximum absolute atomic E-state index is 10.9. The molecule has 0 bridgehead atoms. The van der Waals surface area contributed by atoms with Gasteiger partial charge in [-0.15, -0.1) is 0 Å². The van der Waals surface area contributed by atoms with E-state index >= 15 is 0 Å². The molecule has 0 amide bonds. The van der Waals surface area contributed by atoms with Crippen LogP contribution in [0.2, 0.25) is 0 Å². The molecule has 0 N–H and O–H groups in total. The molecule has 0 aliphatic heterocycles. The van der Waals surface area contributed by atoms with E-state index in [0.29, 0.717) is 0 Å². The number of hydrogen-bond donors (Lipinski definition) is 0. The molecule has 0 fully saturated rings. The first-order chi connectivity index (χ1) is 6.67. The first kappa shape index (κ1) is 11.1. The zero-order chi connectivity index (χ0) is 10.6. The largest absolute Gasteiger partial charge is 0.287 e. The molecule has 0 atom stereocenters. The molecule has 14 heavy (non-hydrogen) atoms. The Kier molecular flexibility index (Phi) is 3.96. The number of benzene rings is 1. The molecule has 0 radical (unpaired) electrons. The van der Waals surface area contributed by atoms with Crippen LogP contribution >= 0.6 is 11.8 Å². The van der Waals surface area contributed by atoms with Crippen LogP contribution in [-0.2, 0) is 11.2 Å². The van der Waals surface area contributed by atoms with E-state index in [9.17, 15) is 4.79 Å². The van der Waals surface area contributed by atoms with Gasteiger partial charge >= 0.3 is 0 Å². The molecule has 74 valence electrons. The monoisotopic (exact) mass is 206 g/mol. The first-order valence-corrected chi connectivity index (χ1v) is 5.42. The van der Waals surface area contributed by atoms with Gasteiger partial charge in [-0.2, -0.15) is 0 Å². The van der Waals surface area contributed by atoms with E-state index in [-0.39, 0.29) is 5.12 Å². The second-order valence-corrected chi connectivity index (χ2v) is 4.26. The van der Waals surface area contributed by atoms with Gasteiger partial charge in [-0.3, -0.25) is 4.79 Å². The van der Waals surface area contributed by atoms with E-state index in [0.717, 1.165) is 16.9 Å². The van der Waals surface area contributed by atoms with Crippen molar-refractivity contribution in [3.8, 4) is 0 Å². The predicted octanol–water partition coefficient (Wildman–Crippen LogP) is 3.53. The van der Waals surface area contributed by atoms with Gasteiger partial charge in [0.15, 0.2) is 5.12 Å². The summed E-state index contributed by atoms with van der Waals surface area (Å²) in [5, 5.41) is 0.124. The SMILES string of the molecule is C=Cc1ccc(SC(C)=O)cc1CC. The Morgan fingerprint density at radius 2 is 2.29 bits per heavy atom. The first-order valence-electron chi connectivity index (χ1n) is 4.61. The molecule has 1 aromatic carbocycles. The van der Waals surface area contributed by atoms with Crippen LogP contribution in [0.15, 0.2) is 29.7 Å². The van der Waals surface area contributed by atoms with E-state index in [1.54, 1.807) is 6.92 Å². The lowest BCUT2D eigenvalue weighted by Crippen LogP contribution is -1.88. The molecule has 1 nitrogen and oxygen atoms in total. The van der Waals surface area contributed by atoms with Crippen molar-refractivity contribution < 1.29 is 4.79 Å². The van der Waals surface area contributed by atoms with Gasteiger partial charge in [0.1, 0.15) is 0 Å². The van der Waals surface area contributed by atoms with Crippen molar-refractivity contribution in [2.24, 2.45) is 0 Å². The molecule has 0 saturated carbocycles. The van der Waals surface area contributed by atoms with Crippen molar-refractivity contribution in [3.63, 3.8) is 0 Å². The van der Waals surface area contributed by atoms with E-state index in [2.05, 4.69) is 19.6 Å². The van der Waals surface area contributed by atoms with Crippen molar-refractivity contribution in [2.75, 3.05) is 0 Å². The van der Waals surface area contributed by atoms with Crippen molar-refractivity contribution in [1.29, 1.82) is 0 Å². The lowest BCUT2D eigenvalue weighted by Gasteiger charge is -2.05. The average Bonchev–Trinajstić information content (AvgIpc) is 2.16. The van der Waals surface area contributed by atoms with Gasteiger partial charge in [0.2, 0.25) is 0 Å². The normalized spacial score (nSPS) is 9.86. The second kappa shape index (κ2) is 5.01. The summed E-state index contributed by atoms with van der Waals surface area (Å²) in [6, 6.07) is 6.03. The van der Waals surface area contributed by atoms with E-state index in [4.69, 9.17) is 0 Å². The zero-order valence-electron chi connectivity index (χ0n) is 8.54. The number of carbonyl (C=O) groups is 1. The third kappa shape index (κ3) is 2.74. The second-order valence-electron chi connectivity index (χ2n) is 3.01. The van der Waals surface area contributed by atoms with Crippen LogP contribution in [0.4, 0.5) is 0 Å². The minimum absolute atomic E-state index is 0.124.